The molecule has 1 aromatic rings. The first-order valence-corrected chi connectivity index (χ1v) is 6.55. The van der Waals surface area contributed by atoms with E-state index in [1.165, 1.54) is 24.8 Å². The molecule has 0 heterocycles. The predicted octanol–water partition coefficient (Wildman–Crippen LogP) is 3.40. The molecular weight excluding hydrogens is 194 g/mol. The normalized spacial score (nSPS) is 20.1. The molecule has 1 saturated carbocycles. The van der Waals surface area contributed by atoms with E-state index in [2.05, 4.69) is 49.5 Å². The van der Waals surface area contributed by atoms with E-state index in [-0.39, 0.29) is 0 Å². The summed E-state index contributed by atoms with van der Waals surface area (Å²) in [6, 6.07) is 12.0. The number of nitrogens with one attached hydrogen (secondary N) is 1. The summed E-state index contributed by atoms with van der Waals surface area (Å²) in [4.78, 5) is 0. The van der Waals surface area contributed by atoms with Gasteiger partial charge in [-0.1, -0.05) is 36.8 Å². The third kappa shape index (κ3) is 3.08. The Labute approximate surface area is 99.3 Å². The Hall–Kier alpha value is -0.820. The van der Waals surface area contributed by atoms with Gasteiger partial charge in [0, 0.05) is 12.1 Å². The Bertz CT molecular complexity index is 302. The summed E-state index contributed by atoms with van der Waals surface area (Å²) >= 11 is 0. The van der Waals surface area contributed by atoms with Gasteiger partial charge in [0.2, 0.25) is 0 Å². The van der Waals surface area contributed by atoms with Crippen LogP contribution in [-0.4, -0.2) is 12.1 Å². The molecule has 1 nitrogen and oxygen atoms in total. The van der Waals surface area contributed by atoms with E-state index in [0.29, 0.717) is 12.1 Å². The lowest BCUT2D eigenvalue weighted by Crippen LogP contribution is -2.42. The zero-order chi connectivity index (χ0) is 11.4. The smallest absolute Gasteiger partial charge is 0.00817 e. The van der Waals surface area contributed by atoms with Gasteiger partial charge >= 0.3 is 0 Å². The Morgan fingerprint density at radius 2 is 1.88 bits per heavy atom. The maximum Gasteiger partial charge on any atom is 0.00817 e. The lowest BCUT2D eigenvalue weighted by molar-refractivity contribution is 0.229. The lowest BCUT2D eigenvalue weighted by Gasteiger charge is -2.34. The van der Waals surface area contributed by atoms with Crippen molar-refractivity contribution in [3.8, 4) is 0 Å². The second-order valence-electron chi connectivity index (χ2n) is 5.24. The van der Waals surface area contributed by atoms with Crippen LogP contribution < -0.4 is 5.32 Å². The Morgan fingerprint density at radius 3 is 2.44 bits per heavy atom. The minimum Gasteiger partial charge on any atom is -0.311 e. The van der Waals surface area contributed by atoms with E-state index in [4.69, 9.17) is 0 Å². The largest absolute Gasteiger partial charge is 0.311 e. The van der Waals surface area contributed by atoms with E-state index in [1.807, 2.05) is 0 Å². The molecule has 0 bridgehead atoms. The van der Waals surface area contributed by atoms with Crippen molar-refractivity contribution in [2.24, 2.45) is 5.92 Å². The maximum atomic E-state index is 3.73. The van der Waals surface area contributed by atoms with Crippen LogP contribution >= 0.6 is 0 Å². The summed E-state index contributed by atoms with van der Waals surface area (Å²) in [7, 11) is 0. The van der Waals surface area contributed by atoms with E-state index in [0.717, 1.165) is 12.3 Å². The van der Waals surface area contributed by atoms with Crippen molar-refractivity contribution in [2.75, 3.05) is 0 Å². The van der Waals surface area contributed by atoms with Crippen LogP contribution in [0.1, 0.15) is 38.7 Å². The van der Waals surface area contributed by atoms with Gasteiger partial charge in [-0.3, -0.25) is 0 Å². The van der Waals surface area contributed by atoms with Gasteiger partial charge in [-0.15, -0.1) is 0 Å². The Morgan fingerprint density at radius 1 is 1.19 bits per heavy atom. The monoisotopic (exact) mass is 217 g/mol. The van der Waals surface area contributed by atoms with Crippen molar-refractivity contribution in [1.82, 2.24) is 5.32 Å². The van der Waals surface area contributed by atoms with Gasteiger partial charge in [-0.05, 0) is 44.6 Å². The standard InChI is InChI=1S/C15H23N/c1-12(11-14-7-4-3-5-8-14)16-13(2)15-9-6-10-15/h3-5,7-8,12-13,15-16H,6,9-11H2,1-2H3. The quantitative estimate of drug-likeness (QED) is 0.797. The van der Waals surface area contributed by atoms with E-state index >= 15 is 0 Å². The molecule has 0 saturated heterocycles. The van der Waals surface area contributed by atoms with Crippen LogP contribution in [0.25, 0.3) is 0 Å². The molecule has 1 aliphatic rings. The maximum absolute atomic E-state index is 3.73. The first-order chi connectivity index (χ1) is 7.75. The molecule has 1 fully saturated rings. The molecule has 2 rings (SSSR count). The Balaban J connectivity index is 1.77. The van der Waals surface area contributed by atoms with E-state index in [1.54, 1.807) is 0 Å². The molecule has 88 valence electrons. The molecule has 0 spiro atoms. The topological polar surface area (TPSA) is 12.0 Å². The van der Waals surface area contributed by atoms with Crippen LogP contribution in [0.15, 0.2) is 30.3 Å². The van der Waals surface area contributed by atoms with Gasteiger partial charge in [-0.25, -0.2) is 0 Å². The van der Waals surface area contributed by atoms with Crippen molar-refractivity contribution in [2.45, 2.75) is 51.6 Å². The first kappa shape index (κ1) is 11.7. The number of hydrogen-bond acceptors (Lipinski definition) is 1. The molecule has 16 heavy (non-hydrogen) atoms. The van der Waals surface area contributed by atoms with Crippen LogP contribution in [0, 0.1) is 5.92 Å². The highest BCUT2D eigenvalue weighted by Crippen LogP contribution is 2.29. The molecule has 0 radical (unpaired) electrons. The van der Waals surface area contributed by atoms with E-state index < -0.39 is 0 Å². The second-order valence-corrected chi connectivity index (χ2v) is 5.24. The average molecular weight is 217 g/mol. The minimum atomic E-state index is 0.581. The van der Waals surface area contributed by atoms with Crippen LogP contribution in [0.2, 0.25) is 0 Å². The zero-order valence-corrected chi connectivity index (χ0v) is 10.4. The number of hydrogen-bond donors (Lipinski definition) is 1. The van der Waals surface area contributed by atoms with Crippen LogP contribution in [-0.2, 0) is 6.42 Å². The average Bonchev–Trinajstić information content (AvgIpc) is 2.15. The van der Waals surface area contributed by atoms with Gasteiger partial charge in [0.15, 0.2) is 0 Å². The number of benzene rings is 1. The highest BCUT2D eigenvalue weighted by atomic mass is 14.9. The summed E-state index contributed by atoms with van der Waals surface area (Å²) in [5, 5.41) is 3.73. The van der Waals surface area contributed by atoms with Gasteiger partial charge in [0.25, 0.3) is 0 Å². The Kier molecular flexibility index (Phi) is 4.00. The molecule has 1 heteroatoms. The van der Waals surface area contributed by atoms with Gasteiger partial charge in [-0.2, -0.15) is 0 Å². The van der Waals surface area contributed by atoms with Crippen molar-refractivity contribution in [3.63, 3.8) is 0 Å². The van der Waals surface area contributed by atoms with Crippen molar-refractivity contribution < 1.29 is 0 Å². The molecule has 0 aliphatic heterocycles. The van der Waals surface area contributed by atoms with Crippen LogP contribution in [0.4, 0.5) is 0 Å². The fourth-order valence-electron chi connectivity index (χ4n) is 2.55. The molecule has 1 aromatic carbocycles. The van der Waals surface area contributed by atoms with E-state index in [9.17, 15) is 0 Å². The minimum absolute atomic E-state index is 0.581. The highest BCUT2D eigenvalue weighted by molar-refractivity contribution is 5.15. The van der Waals surface area contributed by atoms with Crippen molar-refractivity contribution in [1.29, 1.82) is 0 Å². The summed E-state index contributed by atoms with van der Waals surface area (Å²) in [5.74, 6) is 0.929. The van der Waals surface area contributed by atoms with Gasteiger partial charge in [0.1, 0.15) is 0 Å². The molecule has 2 atom stereocenters. The van der Waals surface area contributed by atoms with Gasteiger partial charge < -0.3 is 5.32 Å². The van der Waals surface area contributed by atoms with Gasteiger partial charge in [0.05, 0.1) is 0 Å². The zero-order valence-electron chi connectivity index (χ0n) is 10.4. The molecule has 0 aromatic heterocycles. The summed E-state index contributed by atoms with van der Waals surface area (Å²) in [6.45, 7) is 4.63. The third-order valence-corrected chi connectivity index (χ3v) is 3.79. The molecular formula is C15H23N. The van der Waals surface area contributed by atoms with Crippen LogP contribution in [0.3, 0.4) is 0 Å². The molecule has 1 aliphatic carbocycles. The summed E-state index contributed by atoms with van der Waals surface area (Å²) in [5.41, 5.74) is 1.43. The fourth-order valence-corrected chi connectivity index (χ4v) is 2.55. The lowest BCUT2D eigenvalue weighted by atomic mass is 9.80. The molecule has 0 amide bonds. The third-order valence-electron chi connectivity index (χ3n) is 3.79. The molecule has 2 unspecified atom stereocenters. The number of rotatable bonds is 5. The van der Waals surface area contributed by atoms with Crippen molar-refractivity contribution in [3.05, 3.63) is 35.9 Å². The second kappa shape index (κ2) is 5.49. The predicted molar refractivity (Wildman–Crippen MR) is 69.5 cm³/mol. The SMILES string of the molecule is CC(Cc1ccccc1)NC(C)C1CCC1. The first-order valence-electron chi connectivity index (χ1n) is 6.55. The summed E-state index contributed by atoms with van der Waals surface area (Å²) in [6.07, 6.45) is 5.42. The van der Waals surface area contributed by atoms with Crippen molar-refractivity contribution >= 4 is 0 Å². The highest BCUT2D eigenvalue weighted by Gasteiger charge is 2.24. The molecule has 1 N–H and O–H groups in total. The van der Waals surface area contributed by atoms with Crippen LogP contribution in [0.5, 0.6) is 0 Å². The summed E-state index contributed by atoms with van der Waals surface area (Å²) < 4.78 is 0. The fraction of sp³-hybridized carbons (Fsp3) is 0.600.